The molecule has 0 heterocycles. The van der Waals surface area contributed by atoms with Crippen LogP contribution in [0.2, 0.25) is 5.02 Å². The average molecular weight is 341 g/mol. The first-order valence-electron chi connectivity index (χ1n) is 5.53. The molecule has 0 saturated carbocycles. The molecule has 1 N–H and O–H groups in total. The van der Waals surface area contributed by atoms with Gasteiger partial charge in [-0.3, -0.25) is 0 Å². The minimum atomic E-state index is 0.445. The van der Waals surface area contributed by atoms with Crippen molar-refractivity contribution in [2.75, 3.05) is 0 Å². The van der Waals surface area contributed by atoms with Crippen LogP contribution < -0.4 is 4.74 Å². The van der Waals surface area contributed by atoms with Gasteiger partial charge in [0.1, 0.15) is 12.4 Å². The summed E-state index contributed by atoms with van der Waals surface area (Å²) in [6.45, 7) is 0.445. The second-order valence-corrected chi connectivity index (χ2v) is 5.17. The lowest BCUT2D eigenvalue weighted by atomic mass is 10.2. The van der Waals surface area contributed by atoms with Crippen LogP contribution in [-0.4, -0.2) is 11.4 Å². The third-order valence-corrected chi connectivity index (χ3v) is 3.29. The van der Waals surface area contributed by atoms with Crippen LogP contribution in [0.4, 0.5) is 0 Å². The maximum absolute atomic E-state index is 8.45. The number of oxime groups is 1. The number of nitrogens with zero attached hydrogens (tertiary/aromatic N) is 1. The molecule has 0 aliphatic heterocycles. The van der Waals surface area contributed by atoms with Crippen LogP contribution in [-0.2, 0) is 6.61 Å². The number of hydrogen-bond donors (Lipinski definition) is 1. The zero-order chi connectivity index (χ0) is 13.7. The van der Waals surface area contributed by atoms with Crippen LogP contribution in [0.5, 0.6) is 5.75 Å². The second kappa shape index (κ2) is 6.59. The van der Waals surface area contributed by atoms with E-state index in [0.717, 1.165) is 10.0 Å². The third kappa shape index (κ3) is 3.98. The van der Waals surface area contributed by atoms with Crippen LogP contribution in [0.1, 0.15) is 11.1 Å². The molecule has 0 amide bonds. The van der Waals surface area contributed by atoms with Gasteiger partial charge in [0, 0.05) is 4.47 Å². The molecule has 98 valence electrons. The Labute approximate surface area is 124 Å². The number of ether oxygens (including phenoxy) is 1. The van der Waals surface area contributed by atoms with E-state index in [9.17, 15) is 0 Å². The van der Waals surface area contributed by atoms with Crippen molar-refractivity contribution in [2.45, 2.75) is 6.61 Å². The van der Waals surface area contributed by atoms with Gasteiger partial charge in [-0.1, -0.05) is 44.8 Å². The summed E-state index contributed by atoms with van der Waals surface area (Å²) in [7, 11) is 0. The molecule has 2 aromatic rings. The number of hydrogen-bond acceptors (Lipinski definition) is 3. The maximum Gasteiger partial charge on any atom is 0.138 e. The minimum absolute atomic E-state index is 0.445. The molecule has 19 heavy (non-hydrogen) atoms. The van der Waals surface area contributed by atoms with Crippen molar-refractivity contribution in [3.05, 3.63) is 63.1 Å². The van der Waals surface area contributed by atoms with Crippen molar-refractivity contribution in [1.82, 2.24) is 0 Å². The summed E-state index contributed by atoms with van der Waals surface area (Å²) in [5.74, 6) is 0.597. The van der Waals surface area contributed by atoms with Crippen LogP contribution in [0.3, 0.4) is 0 Å². The molecular weight excluding hydrogens is 330 g/mol. The van der Waals surface area contributed by atoms with E-state index < -0.39 is 0 Å². The Morgan fingerprint density at radius 3 is 2.58 bits per heavy atom. The fourth-order valence-electron chi connectivity index (χ4n) is 1.52. The highest BCUT2D eigenvalue weighted by atomic mass is 79.9. The molecular formula is C14H11BrClNO2. The largest absolute Gasteiger partial charge is 0.487 e. The smallest absolute Gasteiger partial charge is 0.138 e. The van der Waals surface area contributed by atoms with Gasteiger partial charge in [0.25, 0.3) is 0 Å². The van der Waals surface area contributed by atoms with Crippen LogP contribution in [0.15, 0.2) is 52.1 Å². The molecule has 0 aromatic heterocycles. The zero-order valence-corrected chi connectivity index (χ0v) is 12.2. The van der Waals surface area contributed by atoms with Crippen molar-refractivity contribution >= 4 is 33.7 Å². The van der Waals surface area contributed by atoms with E-state index in [4.69, 9.17) is 21.5 Å². The van der Waals surface area contributed by atoms with E-state index in [1.54, 1.807) is 18.2 Å². The van der Waals surface area contributed by atoms with Gasteiger partial charge in [-0.15, -0.1) is 0 Å². The van der Waals surface area contributed by atoms with Gasteiger partial charge in [-0.25, -0.2) is 0 Å². The summed E-state index contributed by atoms with van der Waals surface area (Å²) in [4.78, 5) is 0. The van der Waals surface area contributed by atoms with Crippen molar-refractivity contribution < 1.29 is 9.94 Å². The third-order valence-electron chi connectivity index (χ3n) is 2.47. The SMILES string of the molecule is O/N=C\c1ccc(OCc2ccc(Br)cc2)c(Cl)c1. The van der Waals surface area contributed by atoms with Gasteiger partial charge < -0.3 is 9.94 Å². The van der Waals surface area contributed by atoms with E-state index >= 15 is 0 Å². The first-order chi connectivity index (χ1) is 9.19. The van der Waals surface area contributed by atoms with Crippen molar-refractivity contribution in [1.29, 1.82) is 0 Å². The normalized spacial score (nSPS) is 10.8. The number of rotatable bonds is 4. The summed E-state index contributed by atoms with van der Waals surface area (Å²) in [6.07, 6.45) is 1.31. The summed E-state index contributed by atoms with van der Waals surface area (Å²) < 4.78 is 6.67. The molecule has 2 aromatic carbocycles. The predicted octanol–water partition coefficient (Wildman–Crippen LogP) is 4.49. The zero-order valence-electron chi connectivity index (χ0n) is 9.88. The number of benzene rings is 2. The van der Waals surface area contributed by atoms with Gasteiger partial charge in [0.05, 0.1) is 11.2 Å². The first kappa shape index (κ1) is 13.9. The first-order valence-corrected chi connectivity index (χ1v) is 6.70. The quantitative estimate of drug-likeness (QED) is 0.506. The Hall–Kier alpha value is -1.52. The molecule has 3 nitrogen and oxygen atoms in total. The molecule has 0 saturated heterocycles. The van der Waals surface area contributed by atoms with Gasteiger partial charge in [0.2, 0.25) is 0 Å². The summed E-state index contributed by atoms with van der Waals surface area (Å²) in [5.41, 5.74) is 1.77. The highest BCUT2D eigenvalue weighted by molar-refractivity contribution is 9.10. The van der Waals surface area contributed by atoms with Gasteiger partial charge in [-0.05, 0) is 41.5 Å². The average Bonchev–Trinajstić information content (AvgIpc) is 2.40. The summed E-state index contributed by atoms with van der Waals surface area (Å²) in [6, 6.07) is 13.1. The minimum Gasteiger partial charge on any atom is -0.487 e. The van der Waals surface area contributed by atoms with Gasteiger partial charge in [0.15, 0.2) is 0 Å². The Bertz CT molecular complexity index is 584. The second-order valence-electron chi connectivity index (χ2n) is 3.85. The Balaban J connectivity index is 2.05. The lowest BCUT2D eigenvalue weighted by Gasteiger charge is -2.08. The molecule has 0 unspecified atom stereocenters. The van der Waals surface area contributed by atoms with Crippen LogP contribution in [0.25, 0.3) is 0 Å². The molecule has 0 aliphatic rings. The lowest BCUT2D eigenvalue weighted by Crippen LogP contribution is -1.96. The maximum atomic E-state index is 8.45. The molecule has 0 bridgehead atoms. The van der Waals surface area contributed by atoms with Crippen molar-refractivity contribution in [3.63, 3.8) is 0 Å². The monoisotopic (exact) mass is 339 g/mol. The topological polar surface area (TPSA) is 41.8 Å². The van der Waals surface area contributed by atoms with E-state index in [0.29, 0.717) is 22.9 Å². The van der Waals surface area contributed by atoms with E-state index in [1.165, 1.54) is 6.21 Å². The molecule has 0 radical (unpaired) electrons. The standard InChI is InChI=1S/C14H11BrClNO2/c15-12-4-1-10(2-5-12)9-19-14-6-3-11(8-17-18)7-13(14)16/h1-8,18H,9H2/b17-8-. The predicted molar refractivity (Wildman–Crippen MR) is 79.3 cm³/mol. The van der Waals surface area contributed by atoms with Crippen LogP contribution in [0, 0.1) is 0 Å². The highest BCUT2D eigenvalue weighted by Gasteiger charge is 2.03. The van der Waals surface area contributed by atoms with E-state index in [-0.39, 0.29) is 0 Å². The Kier molecular flexibility index (Phi) is 4.82. The fourth-order valence-corrected chi connectivity index (χ4v) is 2.03. The van der Waals surface area contributed by atoms with Crippen molar-refractivity contribution in [3.8, 4) is 5.75 Å². The molecule has 2 rings (SSSR count). The fraction of sp³-hybridized carbons (Fsp3) is 0.0714. The number of halogens is 2. The molecule has 0 aliphatic carbocycles. The summed E-state index contributed by atoms with van der Waals surface area (Å²) in [5, 5.41) is 11.9. The molecule has 5 heteroatoms. The molecule has 0 fully saturated rings. The van der Waals surface area contributed by atoms with Gasteiger partial charge >= 0.3 is 0 Å². The van der Waals surface area contributed by atoms with Crippen LogP contribution >= 0.6 is 27.5 Å². The molecule has 0 atom stereocenters. The molecule has 0 spiro atoms. The Morgan fingerprint density at radius 1 is 1.21 bits per heavy atom. The summed E-state index contributed by atoms with van der Waals surface area (Å²) >= 11 is 9.46. The Morgan fingerprint density at radius 2 is 1.95 bits per heavy atom. The van der Waals surface area contributed by atoms with Gasteiger partial charge in [-0.2, -0.15) is 0 Å². The van der Waals surface area contributed by atoms with Crippen molar-refractivity contribution in [2.24, 2.45) is 5.16 Å². The highest BCUT2D eigenvalue weighted by Crippen LogP contribution is 2.26. The van der Waals surface area contributed by atoms with E-state index in [1.807, 2.05) is 24.3 Å². The van der Waals surface area contributed by atoms with E-state index in [2.05, 4.69) is 21.1 Å². The lowest BCUT2D eigenvalue weighted by molar-refractivity contribution is 0.306.